The highest BCUT2D eigenvalue weighted by atomic mass is 32.2. The summed E-state index contributed by atoms with van der Waals surface area (Å²) in [4.78, 5) is 50.8. The van der Waals surface area contributed by atoms with Crippen LogP contribution in [0.1, 0.15) is 65.3 Å². The molecule has 1 aromatic heterocycles. The second-order valence-corrected chi connectivity index (χ2v) is 13.2. The van der Waals surface area contributed by atoms with Crippen LogP contribution in [-0.2, 0) is 33.2 Å². The third kappa shape index (κ3) is 8.27. The molecule has 41 heavy (non-hydrogen) atoms. The SMILES string of the molecule is Cc1ccc(S(=O)(=O)O[C@@H]2C[C@H](n3cc(C)c(=O)n(C(=O)OC(C)(C)C)c3=O)O[C@@H]2COC(=O)OC(C)(C)C)cc1. The zero-order chi connectivity index (χ0) is 30.9. The molecular formula is C27H36N2O11S. The number of benzene rings is 1. The monoisotopic (exact) mass is 596 g/mol. The van der Waals surface area contributed by atoms with Crippen molar-refractivity contribution in [3.05, 3.63) is 62.4 Å². The van der Waals surface area contributed by atoms with E-state index in [9.17, 15) is 27.6 Å². The summed E-state index contributed by atoms with van der Waals surface area (Å²) in [5, 5.41) is 0. The minimum absolute atomic E-state index is 0.0252. The van der Waals surface area contributed by atoms with Crippen LogP contribution in [0.25, 0.3) is 0 Å². The largest absolute Gasteiger partial charge is 0.508 e. The third-order valence-corrected chi connectivity index (χ3v) is 7.02. The van der Waals surface area contributed by atoms with E-state index < -0.39 is 69.9 Å². The predicted molar refractivity (Wildman–Crippen MR) is 145 cm³/mol. The molecular weight excluding hydrogens is 560 g/mol. The van der Waals surface area contributed by atoms with Crippen LogP contribution in [0.3, 0.4) is 0 Å². The van der Waals surface area contributed by atoms with E-state index in [1.807, 2.05) is 0 Å². The molecule has 1 aliphatic rings. The number of hydrogen-bond acceptors (Lipinski definition) is 11. The fraction of sp³-hybridized carbons (Fsp3) is 0.556. The number of ether oxygens (including phenoxy) is 4. The molecule has 0 aliphatic carbocycles. The van der Waals surface area contributed by atoms with Crippen molar-refractivity contribution in [1.29, 1.82) is 0 Å². The number of aryl methyl sites for hydroxylation is 2. The first-order valence-corrected chi connectivity index (χ1v) is 14.3. The number of carbonyl (C=O) groups is 2. The molecule has 3 atom stereocenters. The molecule has 0 N–H and O–H groups in total. The van der Waals surface area contributed by atoms with Crippen molar-refractivity contribution in [2.45, 2.75) is 96.3 Å². The molecule has 0 saturated carbocycles. The Bertz CT molecular complexity index is 1510. The van der Waals surface area contributed by atoms with Gasteiger partial charge in [0.05, 0.1) is 4.90 Å². The van der Waals surface area contributed by atoms with Gasteiger partial charge >= 0.3 is 17.9 Å². The topological polar surface area (TPSA) is 158 Å². The fourth-order valence-corrected chi connectivity index (χ4v) is 4.96. The van der Waals surface area contributed by atoms with Gasteiger partial charge < -0.3 is 18.9 Å². The van der Waals surface area contributed by atoms with Gasteiger partial charge in [-0.25, -0.2) is 14.4 Å². The lowest BCUT2D eigenvalue weighted by atomic mass is 10.2. The number of aromatic nitrogens is 2. The molecule has 1 aliphatic heterocycles. The fourth-order valence-electron chi connectivity index (χ4n) is 3.85. The highest BCUT2D eigenvalue weighted by Gasteiger charge is 2.42. The summed E-state index contributed by atoms with van der Waals surface area (Å²) in [6.07, 6.45) is -4.79. The second-order valence-electron chi connectivity index (χ2n) is 11.7. The van der Waals surface area contributed by atoms with Crippen molar-refractivity contribution in [3.8, 4) is 0 Å². The van der Waals surface area contributed by atoms with E-state index in [2.05, 4.69) is 0 Å². The van der Waals surface area contributed by atoms with Gasteiger partial charge in [-0.15, -0.1) is 0 Å². The lowest BCUT2D eigenvalue weighted by molar-refractivity contribution is -0.0666. The average Bonchev–Trinajstić information content (AvgIpc) is 3.19. The van der Waals surface area contributed by atoms with Gasteiger partial charge in [-0.3, -0.25) is 13.5 Å². The zero-order valence-corrected chi connectivity index (χ0v) is 25.1. The highest BCUT2D eigenvalue weighted by molar-refractivity contribution is 7.86. The Labute approximate surface area is 238 Å². The molecule has 2 heterocycles. The molecule has 1 saturated heterocycles. The Morgan fingerprint density at radius 2 is 1.56 bits per heavy atom. The molecule has 0 spiro atoms. The smallest absolute Gasteiger partial charge is 0.443 e. The second kappa shape index (κ2) is 11.8. The van der Waals surface area contributed by atoms with Crippen molar-refractivity contribution >= 4 is 22.4 Å². The van der Waals surface area contributed by atoms with E-state index in [0.717, 1.165) is 10.1 Å². The molecule has 0 bridgehead atoms. The summed E-state index contributed by atoms with van der Waals surface area (Å²) in [6, 6.07) is 5.98. The summed E-state index contributed by atoms with van der Waals surface area (Å²) >= 11 is 0. The predicted octanol–water partition coefficient (Wildman–Crippen LogP) is 3.42. The number of rotatable bonds is 6. The van der Waals surface area contributed by atoms with Crippen LogP contribution in [0, 0.1) is 13.8 Å². The molecule has 0 radical (unpaired) electrons. The maximum absolute atomic E-state index is 13.3. The Balaban J connectivity index is 1.96. The molecule has 0 amide bonds. The third-order valence-electron chi connectivity index (χ3n) is 5.67. The Hall–Kier alpha value is -3.49. The van der Waals surface area contributed by atoms with Gasteiger partial charge in [-0.05, 0) is 67.5 Å². The van der Waals surface area contributed by atoms with E-state index in [4.69, 9.17) is 23.1 Å². The minimum Gasteiger partial charge on any atom is -0.443 e. The van der Waals surface area contributed by atoms with E-state index in [1.54, 1.807) is 60.6 Å². The Morgan fingerprint density at radius 1 is 0.976 bits per heavy atom. The Kier molecular flexibility index (Phi) is 9.20. The van der Waals surface area contributed by atoms with Gasteiger partial charge in [0.15, 0.2) is 0 Å². The van der Waals surface area contributed by atoms with E-state index >= 15 is 0 Å². The molecule has 1 aromatic carbocycles. The van der Waals surface area contributed by atoms with Crippen molar-refractivity contribution in [2.75, 3.05) is 6.61 Å². The van der Waals surface area contributed by atoms with Crippen LogP contribution in [0.2, 0.25) is 0 Å². The van der Waals surface area contributed by atoms with E-state index in [0.29, 0.717) is 4.57 Å². The molecule has 3 rings (SSSR count). The average molecular weight is 597 g/mol. The van der Waals surface area contributed by atoms with Gasteiger partial charge in [-0.1, -0.05) is 17.7 Å². The molecule has 14 heteroatoms. The van der Waals surface area contributed by atoms with Gasteiger partial charge in [0.1, 0.15) is 36.2 Å². The number of hydrogen-bond donors (Lipinski definition) is 0. The van der Waals surface area contributed by atoms with Crippen LogP contribution in [0.4, 0.5) is 9.59 Å². The van der Waals surface area contributed by atoms with Crippen LogP contribution >= 0.6 is 0 Å². The summed E-state index contributed by atoms with van der Waals surface area (Å²) in [6.45, 7) is 12.4. The zero-order valence-electron chi connectivity index (χ0n) is 24.3. The maximum atomic E-state index is 13.3. The summed E-state index contributed by atoms with van der Waals surface area (Å²) in [5.41, 5.74) is -2.91. The standard InChI is InChI=1S/C27H36N2O11S/c1-16-9-11-18(12-10-16)41(34,35)40-19-13-21(37-20(19)15-36-25(33)39-27(6,7)8)28-14-17(2)22(30)29(23(28)31)24(32)38-26(3,4)5/h9-12,14,19-21H,13,15H2,1-8H3/t19-,20-,21-/m1/s1. The number of carbonyl (C=O) groups excluding carboxylic acids is 2. The van der Waals surface area contributed by atoms with E-state index in [1.165, 1.54) is 25.3 Å². The summed E-state index contributed by atoms with van der Waals surface area (Å²) < 4.78 is 54.4. The summed E-state index contributed by atoms with van der Waals surface area (Å²) in [5.74, 6) is 0. The van der Waals surface area contributed by atoms with Crippen LogP contribution in [-0.4, -0.2) is 59.8 Å². The summed E-state index contributed by atoms with van der Waals surface area (Å²) in [7, 11) is -4.30. The molecule has 2 aromatic rings. The number of nitrogens with zero attached hydrogens (tertiary/aromatic N) is 2. The van der Waals surface area contributed by atoms with Gasteiger partial charge in [0.25, 0.3) is 15.7 Å². The van der Waals surface area contributed by atoms with Gasteiger partial charge in [-0.2, -0.15) is 13.0 Å². The lowest BCUT2D eigenvalue weighted by Crippen LogP contribution is -2.47. The van der Waals surface area contributed by atoms with Crippen molar-refractivity contribution < 1.29 is 41.1 Å². The normalized spacial score (nSPS) is 19.6. The Morgan fingerprint density at radius 3 is 2.12 bits per heavy atom. The maximum Gasteiger partial charge on any atom is 0.508 e. The van der Waals surface area contributed by atoms with Crippen LogP contribution in [0.15, 0.2) is 44.9 Å². The molecule has 0 unspecified atom stereocenters. The quantitative estimate of drug-likeness (QED) is 0.355. The first-order chi connectivity index (χ1) is 18.8. The minimum atomic E-state index is -4.30. The lowest BCUT2D eigenvalue weighted by Gasteiger charge is -2.22. The van der Waals surface area contributed by atoms with Gasteiger partial charge in [0.2, 0.25) is 0 Å². The van der Waals surface area contributed by atoms with E-state index in [-0.39, 0.29) is 16.9 Å². The highest BCUT2D eigenvalue weighted by Crippen LogP contribution is 2.33. The molecule has 226 valence electrons. The van der Waals surface area contributed by atoms with Crippen molar-refractivity contribution in [2.24, 2.45) is 0 Å². The van der Waals surface area contributed by atoms with Crippen molar-refractivity contribution in [1.82, 2.24) is 9.13 Å². The van der Waals surface area contributed by atoms with Gasteiger partial charge in [0, 0.05) is 18.2 Å². The molecule has 13 nitrogen and oxygen atoms in total. The first-order valence-electron chi connectivity index (χ1n) is 12.9. The van der Waals surface area contributed by atoms with Crippen molar-refractivity contribution in [3.63, 3.8) is 0 Å². The van der Waals surface area contributed by atoms with Crippen LogP contribution in [0.5, 0.6) is 0 Å². The molecule has 1 fully saturated rings. The van der Waals surface area contributed by atoms with Crippen LogP contribution < -0.4 is 11.2 Å². The first kappa shape index (κ1) is 32.0.